The molecule has 2 aliphatic rings. The van der Waals surface area contributed by atoms with E-state index >= 15 is 0 Å². The topological polar surface area (TPSA) is 24.5 Å². The number of fused-ring (bicyclic) bond motifs is 1. The smallest absolute Gasteiger partial charge is 0.120 e. The molecule has 0 aromatic rings. The minimum atomic E-state index is 0.268. The molecule has 0 aliphatic carbocycles. The Morgan fingerprint density at radius 1 is 1.55 bits per heavy atom. The molecule has 0 spiro atoms. The van der Waals surface area contributed by atoms with Crippen molar-refractivity contribution < 1.29 is 4.74 Å². The molecule has 0 saturated carbocycles. The van der Waals surface area contributed by atoms with Gasteiger partial charge in [0.05, 0.1) is 6.61 Å². The zero-order valence-corrected chi connectivity index (χ0v) is 7.05. The fraction of sp³-hybridized carbons (Fsp3) is 1.00. The summed E-state index contributed by atoms with van der Waals surface area (Å²) in [5.74, 6) is 0. The first kappa shape index (κ1) is 7.53. The van der Waals surface area contributed by atoms with Crippen molar-refractivity contribution in [2.24, 2.45) is 0 Å². The van der Waals surface area contributed by atoms with Crippen LogP contribution in [0.4, 0.5) is 0 Å². The van der Waals surface area contributed by atoms with E-state index < -0.39 is 0 Å². The Balaban J connectivity index is 1.91. The van der Waals surface area contributed by atoms with Crippen LogP contribution in [0.3, 0.4) is 0 Å². The predicted octanol–water partition coefficient (Wildman–Crippen LogP) is 0.0265. The summed E-state index contributed by atoms with van der Waals surface area (Å²) in [6.45, 7) is 3.26. The van der Waals surface area contributed by atoms with Crippen LogP contribution in [0.25, 0.3) is 0 Å². The molecule has 3 nitrogen and oxygen atoms in total. The average molecular weight is 156 g/mol. The maximum atomic E-state index is 5.59. The Hall–Kier alpha value is -0.120. The molecule has 2 saturated heterocycles. The van der Waals surface area contributed by atoms with Gasteiger partial charge in [-0.3, -0.25) is 10.2 Å². The molecule has 0 amide bonds. The van der Waals surface area contributed by atoms with Crippen molar-refractivity contribution >= 4 is 0 Å². The fourth-order valence-electron chi connectivity index (χ4n) is 1.99. The molecule has 1 N–H and O–H groups in total. The molecule has 2 rings (SSSR count). The lowest BCUT2D eigenvalue weighted by atomic mass is 10.2. The van der Waals surface area contributed by atoms with Crippen molar-refractivity contribution in [3.63, 3.8) is 0 Å². The molecule has 2 heterocycles. The van der Waals surface area contributed by atoms with Crippen molar-refractivity contribution in [1.82, 2.24) is 10.2 Å². The molecule has 64 valence electrons. The molecule has 0 aromatic carbocycles. The van der Waals surface area contributed by atoms with Crippen LogP contribution in [-0.4, -0.2) is 43.9 Å². The van der Waals surface area contributed by atoms with E-state index in [0.29, 0.717) is 0 Å². The SMILES string of the molecule is CNC1CN2CCCC2CO1. The maximum absolute atomic E-state index is 5.59. The number of hydrogen-bond acceptors (Lipinski definition) is 3. The predicted molar refractivity (Wildman–Crippen MR) is 43.4 cm³/mol. The van der Waals surface area contributed by atoms with Gasteiger partial charge in [0, 0.05) is 12.6 Å². The van der Waals surface area contributed by atoms with Gasteiger partial charge in [-0.05, 0) is 26.4 Å². The van der Waals surface area contributed by atoms with Gasteiger partial charge in [-0.15, -0.1) is 0 Å². The summed E-state index contributed by atoms with van der Waals surface area (Å²) in [4.78, 5) is 2.53. The first-order valence-corrected chi connectivity index (χ1v) is 4.43. The highest BCUT2D eigenvalue weighted by Crippen LogP contribution is 2.21. The maximum Gasteiger partial charge on any atom is 0.120 e. The number of hydrogen-bond donors (Lipinski definition) is 1. The lowest BCUT2D eigenvalue weighted by Gasteiger charge is -2.34. The standard InChI is InChI=1S/C8H16N2O/c1-9-8-5-10-4-2-3-7(10)6-11-8/h7-9H,2-6H2,1H3. The molecule has 2 unspecified atom stereocenters. The number of rotatable bonds is 1. The van der Waals surface area contributed by atoms with Gasteiger partial charge in [0.25, 0.3) is 0 Å². The Bertz CT molecular complexity index is 140. The number of nitrogens with one attached hydrogen (secondary N) is 1. The Morgan fingerprint density at radius 2 is 2.45 bits per heavy atom. The van der Waals surface area contributed by atoms with Gasteiger partial charge in [0.1, 0.15) is 6.23 Å². The van der Waals surface area contributed by atoms with E-state index in [1.54, 1.807) is 0 Å². The van der Waals surface area contributed by atoms with Crippen LogP contribution < -0.4 is 5.32 Å². The third kappa shape index (κ3) is 1.41. The van der Waals surface area contributed by atoms with Crippen molar-refractivity contribution in [1.29, 1.82) is 0 Å². The summed E-state index contributed by atoms with van der Waals surface area (Å²) in [6.07, 6.45) is 2.95. The van der Waals surface area contributed by atoms with E-state index in [2.05, 4.69) is 10.2 Å². The molecule has 0 aromatic heterocycles. The van der Waals surface area contributed by atoms with Crippen LogP contribution in [0.5, 0.6) is 0 Å². The largest absolute Gasteiger partial charge is 0.360 e. The number of morpholine rings is 1. The minimum Gasteiger partial charge on any atom is -0.360 e. The van der Waals surface area contributed by atoms with E-state index in [1.165, 1.54) is 19.4 Å². The normalized spacial score (nSPS) is 39.0. The highest BCUT2D eigenvalue weighted by molar-refractivity contribution is 4.83. The lowest BCUT2D eigenvalue weighted by molar-refractivity contribution is -0.0604. The minimum absolute atomic E-state index is 0.268. The molecule has 3 heteroatoms. The van der Waals surface area contributed by atoms with Crippen LogP contribution in [0.1, 0.15) is 12.8 Å². The monoisotopic (exact) mass is 156 g/mol. The number of nitrogens with zero attached hydrogens (tertiary/aromatic N) is 1. The van der Waals surface area contributed by atoms with Crippen molar-refractivity contribution in [2.75, 3.05) is 26.7 Å². The molecular weight excluding hydrogens is 140 g/mol. The number of ether oxygens (including phenoxy) is 1. The lowest BCUT2D eigenvalue weighted by Crippen LogP contribution is -2.50. The van der Waals surface area contributed by atoms with Crippen LogP contribution in [-0.2, 0) is 4.74 Å². The zero-order chi connectivity index (χ0) is 7.68. The third-order valence-corrected chi connectivity index (χ3v) is 2.71. The Labute approximate surface area is 67.7 Å². The summed E-state index contributed by atoms with van der Waals surface area (Å²) in [6, 6.07) is 0.722. The van der Waals surface area contributed by atoms with E-state index in [4.69, 9.17) is 4.74 Å². The van der Waals surface area contributed by atoms with Crippen molar-refractivity contribution in [2.45, 2.75) is 25.1 Å². The highest BCUT2D eigenvalue weighted by Gasteiger charge is 2.31. The second-order valence-electron chi connectivity index (χ2n) is 3.40. The Morgan fingerprint density at radius 3 is 3.27 bits per heavy atom. The molecule has 2 fully saturated rings. The van der Waals surface area contributed by atoms with Crippen LogP contribution in [0.15, 0.2) is 0 Å². The van der Waals surface area contributed by atoms with Gasteiger partial charge >= 0.3 is 0 Å². The first-order valence-electron chi connectivity index (χ1n) is 4.43. The molecular formula is C8H16N2O. The average Bonchev–Trinajstić information content (AvgIpc) is 2.50. The van der Waals surface area contributed by atoms with Gasteiger partial charge in [0.2, 0.25) is 0 Å². The second-order valence-corrected chi connectivity index (χ2v) is 3.40. The summed E-state index contributed by atoms with van der Waals surface area (Å²) in [5, 5.41) is 3.15. The summed E-state index contributed by atoms with van der Waals surface area (Å²) < 4.78 is 5.59. The molecule has 11 heavy (non-hydrogen) atoms. The van der Waals surface area contributed by atoms with Gasteiger partial charge in [0.15, 0.2) is 0 Å². The summed E-state index contributed by atoms with van der Waals surface area (Å²) in [7, 11) is 1.96. The van der Waals surface area contributed by atoms with Crippen molar-refractivity contribution in [3.05, 3.63) is 0 Å². The van der Waals surface area contributed by atoms with Gasteiger partial charge in [-0.25, -0.2) is 0 Å². The van der Waals surface area contributed by atoms with Gasteiger partial charge < -0.3 is 4.74 Å². The number of likely N-dealkylation sites (N-methyl/N-ethyl adjacent to an activating group) is 1. The van der Waals surface area contributed by atoms with E-state index in [1.807, 2.05) is 7.05 Å². The van der Waals surface area contributed by atoms with Gasteiger partial charge in [-0.1, -0.05) is 0 Å². The van der Waals surface area contributed by atoms with Crippen LogP contribution >= 0.6 is 0 Å². The quantitative estimate of drug-likeness (QED) is 0.579. The third-order valence-electron chi connectivity index (χ3n) is 2.71. The van der Waals surface area contributed by atoms with E-state index in [0.717, 1.165) is 19.2 Å². The van der Waals surface area contributed by atoms with E-state index in [-0.39, 0.29) is 6.23 Å². The van der Waals surface area contributed by atoms with Gasteiger partial charge in [-0.2, -0.15) is 0 Å². The summed E-state index contributed by atoms with van der Waals surface area (Å²) in [5.41, 5.74) is 0. The van der Waals surface area contributed by atoms with Crippen LogP contribution in [0, 0.1) is 0 Å². The highest BCUT2D eigenvalue weighted by atomic mass is 16.5. The molecule has 0 radical (unpaired) electrons. The Kier molecular flexibility index (Phi) is 2.11. The van der Waals surface area contributed by atoms with E-state index in [9.17, 15) is 0 Å². The summed E-state index contributed by atoms with van der Waals surface area (Å²) >= 11 is 0. The second kappa shape index (κ2) is 3.09. The molecule has 2 aliphatic heterocycles. The molecule has 2 atom stereocenters. The molecule has 0 bridgehead atoms. The van der Waals surface area contributed by atoms with Crippen LogP contribution in [0.2, 0.25) is 0 Å². The van der Waals surface area contributed by atoms with Crippen molar-refractivity contribution in [3.8, 4) is 0 Å². The first-order chi connectivity index (χ1) is 5.40. The zero-order valence-electron chi connectivity index (χ0n) is 7.05. The fourth-order valence-corrected chi connectivity index (χ4v) is 1.99.